The van der Waals surface area contributed by atoms with E-state index in [9.17, 15) is 4.79 Å². The molecule has 5 nitrogen and oxygen atoms in total. The van der Waals surface area contributed by atoms with Crippen molar-refractivity contribution in [3.05, 3.63) is 35.9 Å². The van der Waals surface area contributed by atoms with E-state index < -0.39 is 5.79 Å². The first kappa shape index (κ1) is 16.4. The third-order valence-corrected chi connectivity index (χ3v) is 4.56. The normalized spacial score (nSPS) is 29.6. The predicted octanol–water partition coefficient (Wildman–Crippen LogP) is 2.40. The van der Waals surface area contributed by atoms with Crippen LogP contribution in [0, 0.1) is 0 Å². The van der Waals surface area contributed by atoms with Crippen LogP contribution in [0.1, 0.15) is 49.4 Å². The van der Waals surface area contributed by atoms with E-state index in [2.05, 4.69) is 0 Å². The number of hydrogen-bond acceptors (Lipinski definition) is 4. The Balaban J connectivity index is 1.56. The van der Waals surface area contributed by atoms with Gasteiger partial charge in [-0.25, -0.2) is 4.79 Å². The molecule has 3 atom stereocenters. The van der Waals surface area contributed by atoms with Gasteiger partial charge in [-0.1, -0.05) is 18.2 Å². The third kappa shape index (κ3) is 4.10. The van der Waals surface area contributed by atoms with Crippen LogP contribution in [0.2, 0.25) is 0 Å². The molecule has 126 valence electrons. The van der Waals surface area contributed by atoms with Crippen molar-refractivity contribution in [2.45, 2.75) is 63.1 Å². The van der Waals surface area contributed by atoms with Gasteiger partial charge in [-0.05, 0) is 31.9 Å². The number of ether oxygens (including phenoxy) is 3. The van der Waals surface area contributed by atoms with Crippen LogP contribution >= 0.6 is 0 Å². The maximum atomic E-state index is 12.0. The second-order valence-corrected chi connectivity index (χ2v) is 6.54. The van der Waals surface area contributed by atoms with E-state index in [1.807, 2.05) is 13.0 Å². The van der Waals surface area contributed by atoms with Crippen LogP contribution in [-0.4, -0.2) is 41.8 Å². The largest absolute Gasteiger partial charge is 0.459 e. The van der Waals surface area contributed by atoms with Gasteiger partial charge in [0.15, 0.2) is 0 Å². The van der Waals surface area contributed by atoms with Crippen LogP contribution in [-0.2, 0) is 14.2 Å². The van der Waals surface area contributed by atoms with E-state index in [1.54, 1.807) is 24.3 Å². The molecule has 0 amide bonds. The molecule has 2 fully saturated rings. The van der Waals surface area contributed by atoms with Crippen molar-refractivity contribution in [3.8, 4) is 0 Å². The SMILES string of the molecule is CC1C[C@H](OC2([OH2+])CCCC2)[C@@H](COC(=O)c2ccccc2)O1. The molecule has 2 N–H and O–H groups in total. The van der Waals surface area contributed by atoms with Crippen LogP contribution in [0.5, 0.6) is 0 Å². The Hall–Kier alpha value is -1.43. The lowest BCUT2D eigenvalue weighted by atomic mass is 10.1. The average Bonchev–Trinajstić information content (AvgIpc) is 3.12. The van der Waals surface area contributed by atoms with Gasteiger partial charge in [-0.15, -0.1) is 0 Å². The monoisotopic (exact) mass is 321 g/mol. The van der Waals surface area contributed by atoms with Gasteiger partial charge >= 0.3 is 5.97 Å². The summed E-state index contributed by atoms with van der Waals surface area (Å²) in [6, 6.07) is 8.93. The van der Waals surface area contributed by atoms with Gasteiger partial charge in [0.2, 0.25) is 0 Å². The van der Waals surface area contributed by atoms with Gasteiger partial charge in [0.05, 0.1) is 30.6 Å². The van der Waals surface area contributed by atoms with Gasteiger partial charge in [0.25, 0.3) is 5.79 Å². The molecule has 0 radical (unpaired) electrons. The molecule has 3 rings (SSSR count). The maximum Gasteiger partial charge on any atom is 0.338 e. The smallest absolute Gasteiger partial charge is 0.338 e. The highest BCUT2D eigenvalue weighted by molar-refractivity contribution is 5.89. The number of carbonyl (C=O) groups is 1. The van der Waals surface area contributed by atoms with E-state index >= 15 is 0 Å². The summed E-state index contributed by atoms with van der Waals surface area (Å²) in [4.78, 5) is 12.0. The average molecular weight is 321 g/mol. The lowest BCUT2D eigenvalue weighted by Crippen LogP contribution is -2.39. The number of esters is 1. The number of benzene rings is 1. The van der Waals surface area contributed by atoms with Crippen LogP contribution in [0.25, 0.3) is 0 Å². The van der Waals surface area contributed by atoms with Crippen molar-refractivity contribution in [1.29, 1.82) is 0 Å². The number of hydrogen-bond donors (Lipinski definition) is 0. The van der Waals surface area contributed by atoms with Crippen LogP contribution < -0.4 is 0 Å². The summed E-state index contributed by atoms with van der Waals surface area (Å²) in [5.41, 5.74) is 0.531. The minimum atomic E-state index is -0.792. The summed E-state index contributed by atoms with van der Waals surface area (Å²) in [5, 5.41) is 8.37. The summed E-state index contributed by atoms with van der Waals surface area (Å²) in [6.07, 6.45) is 3.97. The molecule has 0 bridgehead atoms. The molecule has 0 spiro atoms. The zero-order valence-electron chi connectivity index (χ0n) is 13.5. The van der Waals surface area contributed by atoms with E-state index in [-0.39, 0.29) is 30.9 Å². The fraction of sp³-hybridized carbons (Fsp3) is 0.611. The van der Waals surface area contributed by atoms with Crippen molar-refractivity contribution in [3.63, 3.8) is 0 Å². The topological polar surface area (TPSA) is 67.7 Å². The van der Waals surface area contributed by atoms with Gasteiger partial charge in [-0.3, -0.25) is 0 Å². The molecule has 1 saturated carbocycles. The fourth-order valence-corrected chi connectivity index (χ4v) is 3.36. The van der Waals surface area contributed by atoms with Gasteiger partial charge < -0.3 is 19.3 Å². The first-order chi connectivity index (χ1) is 11.1. The highest BCUT2D eigenvalue weighted by Gasteiger charge is 2.45. The van der Waals surface area contributed by atoms with Crippen molar-refractivity contribution >= 4 is 5.97 Å². The summed E-state index contributed by atoms with van der Waals surface area (Å²) in [7, 11) is 0. The number of carbonyl (C=O) groups excluding carboxylic acids is 1. The number of rotatable bonds is 5. The molecule has 1 aliphatic heterocycles. The molecule has 5 heteroatoms. The molecule has 1 aromatic rings. The Kier molecular flexibility index (Phi) is 4.99. The Morgan fingerprint density at radius 3 is 2.70 bits per heavy atom. The lowest BCUT2D eigenvalue weighted by molar-refractivity contribution is -0.234. The lowest BCUT2D eigenvalue weighted by Gasteiger charge is -2.25. The van der Waals surface area contributed by atoms with Crippen molar-refractivity contribution < 1.29 is 24.1 Å². The maximum absolute atomic E-state index is 12.0. The summed E-state index contributed by atoms with van der Waals surface area (Å²) >= 11 is 0. The molecule has 1 heterocycles. The van der Waals surface area contributed by atoms with Crippen molar-refractivity contribution in [2.75, 3.05) is 6.61 Å². The highest BCUT2D eigenvalue weighted by Crippen LogP contribution is 2.35. The Morgan fingerprint density at radius 2 is 2.00 bits per heavy atom. The Labute approximate surface area is 136 Å². The first-order valence-corrected chi connectivity index (χ1v) is 8.36. The van der Waals surface area contributed by atoms with Crippen LogP contribution in [0.15, 0.2) is 30.3 Å². The van der Waals surface area contributed by atoms with E-state index in [1.165, 1.54) is 0 Å². The van der Waals surface area contributed by atoms with Crippen LogP contribution in [0.3, 0.4) is 0 Å². The highest BCUT2D eigenvalue weighted by atomic mass is 16.7. The third-order valence-electron chi connectivity index (χ3n) is 4.56. The molecule has 1 saturated heterocycles. The van der Waals surface area contributed by atoms with Gasteiger partial charge in [-0.2, -0.15) is 0 Å². The predicted molar refractivity (Wildman–Crippen MR) is 85.4 cm³/mol. The molecule has 2 aliphatic rings. The molecule has 1 aliphatic carbocycles. The second-order valence-electron chi connectivity index (χ2n) is 6.54. The van der Waals surface area contributed by atoms with Gasteiger partial charge in [0, 0.05) is 6.42 Å². The summed E-state index contributed by atoms with van der Waals surface area (Å²) in [5.74, 6) is -1.14. The molecular formula is C18H25O5+. The quantitative estimate of drug-likeness (QED) is 0.474. The van der Waals surface area contributed by atoms with E-state index in [0.717, 1.165) is 32.1 Å². The molecule has 1 aromatic carbocycles. The standard InChI is InChI=1S/C18H24O5/c1-13-11-15(23-18(20)9-5-6-10-18)16(22-13)12-21-17(19)14-7-3-2-4-8-14/h2-4,7-8,13,15-16,20H,5-6,9-12H2,1H3/p+1/t13?,15-,16+/m0/s1. The molecular weight excluding hydrogens is 296 g/mol. The van der Waals surface area contributed by atoms with E-state index in [0.29, 0.717) is 5.56 Å². The molecule has 23 heavy (non-hydrogen) atoms. The zero-order chi connectivity index (χ0) is 16.3. The summed E-state index contributed by atoms with van der Waals surface area (Å²) < 4.78 is 17.2. The van der Waals surface area contributed by atoms with E-state index in [4.69, 9.17) is 19.3 Å². The fourth-order valence-electron chi connectivity index (χ4n) is 3.36. The Bertz CT molecular complexity index is 523. The van der Waals surface area contributed by atoms with Gasteiger partial charge in [0.1, 0.15) is 12.7 Å². The minimum Gasteiger partial charge on any atom is -0.459 e. The molecule has 1 unspecified atom stereocenters. The minimum absolute atomic E-state index is 0.0606. The van der Waals surface area contributed by atoms with Crippen LogP contribution in [0.4, 0.5) is 0 Å². The van der Waals surface area contributed by atoms with Crippen molar-refractivity contribution in [1.82, 2.24) is 0 Å². The second kappa shape index (κ2) is 6.99. The molecule has 0 aromatic heterocycles. The first-order valence-electron chi connectivity index (χ1n) is 8.36. The summed E-state index contributed by atoms with van der Waals surface area (Å²) in [6.45, 7) is 2.15. The van der Waals surface area contributed by atoms with Crippen molar-refractivity contribution in [2.24, 2.45) is 0 Å². The Morgan fingerprint density at radius 1 is 1.30 bits per heavy atom. The zero-order valence-corrected chi connectivity index (χ0v) is 13.5.